The van der Waals surface area contributed by atoms with E-state index in [-0.39, 0.29) is 11.9 Å². The summed E-state index contributed by atoms with van der Waals surface area (Å²) in [5.41, 5.74) is 1.03. The van der Waals surface area contributed by atoms with Gasteiger partial charge >= 0.3 is 0 Å². The summed E-state index contributed by atoms with van der Waals surface area (Å²) < 4.78 is 0. The van der Waals surface area contributed by atoms with Crippen LogP contribution in [0.5, 0.6) is 0 Å². The number of hydrogen-bond acceptors (Lipinski definition) is 4. The second-order valence-corrected chi connectivity index (χ2v) is 6.86. The van der Waals surface area contributed by atoms with Gasteiger partial charge in [0.25, 0.3) is 0 Å². The standard InChI is InChI=1S/C19H26N4O/c1-21(17-8-5-9-17)15-19(24)23-12-10-22(11-13-23)18(14-20)16-6-3-2-4-7-16/h2-4,6-7,17-18H,5,8-13,15H2,1H3/t18-/m1/s1. The zero-order valence-electron chi connectivity index (χ0n) is 14.4. The van der Waals surface area contributed by atoms with Crippen LogP contribution in [0.1, 0.15) is 30.9 Å². The topological polar surface area (TPSA) is 50.6 Å². The first-order valence-corrected chi connectivity index (χ1v) is 8.85. The van der Waals surface area contributed by atoms with Crippen molar-refractivity contribution in [1.29, 1.82) is 5.26 Å². The first kappa shape index (κ1) is 16.9. The fraction of sp³-hybridized carbons (Fsp3) is 0.579. The molecular formula is C19H26N4O. The van der Waals surface area contributed by atoms with Gasteiger partial charge in [0.1, 0.15) is 6.04 Å². The lowest BCUT2D eigenvalue weighted by Gasteiger charge is -2.39. The fourth-order valence-electron chi connectivity index (χ4n) is 3.50. The Balaban J connectivity index is 1.51. The van der Waals surface area contributed by atoms with E-state index in [1.54, 1.807) is 0 Å². The summed E-state index contributed by atoms with van der Waals surface area (Å²) in [6.45, 7) is 3.45. The number of carbonyl (C=O) groups is 1. The van der Waals surface area contributed by atoms with Gasteiger partial charge in [-0.2, -0.15) is 5.26 Å². The molecule has 1 atom stereocenters. The van der Waals surface area contributed by atoms with Crippen molar-refractivity contribution < 1.29 is 4.79 Å². The number of nitriles is 1. The lowest BCUT2D eigenvalue weighted by molar-refractivity contribution is -0.135. The highest BCUT2D eigenvalue weighted by Gasteiger charge is 2.29. The van der Waals surface area contributed by atoms with Gasteiger partial charge in [-0.05, 0) is 25.5 Å². The van der Waals surface area contributed by atoms with Crippen molar-refractivity contribution in [3.63, 3.8) is 0 Å². The molecule has 1 aliphatic carbocycles. The third-order valence-corrected chi connectivity index (χ3v) is 5.35. The van der Waals surface area contributed by atoms with Gasteiger partial charge in [-0.3, -0.25) is 14.6 Å². The molecule has 1 aliphatic heterocycles. The smallest absolute Gasteiger partial charge is 0.236 e. The maximum absolute atomic E-state index is 12.5. The minimum Gasteiger partial charge on any atom is -0.339 e. The van der Waals surface area contributed by atoms with E-state index in [2.05, 4.69) is 22.9 Å². The molecule has 3 rings (SSSR count). The molecule has 0 spiro atoms. The summed E-state index contributed by atoms with van der Waals surface area (Å²) in [6.07, 6.45) is 3.73. The summed E-state index contributed by atoms with van der Waals surface area (Å²) >= 11 is 0. The Morgan fingerprint density at radius 1 is 1.25 bits per heavy atom. The van der Waals surface area contributed by atoms with E-state index < -0.39 is 0 Å². The van der Waals surface area contributed by atoms with Crippen LogP contribution in [0.3, 0.4) is 0 Å². The molecule has 1 aromatic rings. The van der Waals surface area contributed by atoms with Gasteiger partial charge in [-0.25, -0.2) is 0 Å². The van der Waals surface area contributed by atoms with Gasteiger partial charge in [0, 0.05) is 32.2 Å². The SMILES string of the molecule is CN(CC(=O)N1CCN([C@H](C#N)c2ccccc2)CC1)C1CCC1. The molecule has 2 aliphatic rings. The number of rotatable bonds is 5. The first-order chi connectivity index (χ1) is 11.7. The summed E-state index contributed by atoms with van der Waals surface area (Å²) in [5.74, 6) is 0.220. The summed E-state index contributed by atoms with van der Waals surface area (Å²) in [6, 6.07) is 12.7. The Kier molecular flexibility index (Phi) is 5.49. The van der Waals surface area contributed by atoms with E-state index in [4.69, 9.17) is 0 Å². The van der Waals surface area contributed by atoms with Gasteiger partial charge < -0.3 is 4.90 Å². The van der Waals surface area contributed by atoms with Crippen LogP contribution >= 0.6 is 0 Å². The molecule has 5 nitrogen and oxygen atoms in total. The van der Waals surface area contributed by atoms with Gasteiger partial charge in [0.15, 0.2) is 0 Å². The van der Waals surface area contributed by atoms with E-state index in [1.807, 2.05) is 35.2 Å². The van der Waals surface area contributed by atoms with Crippen LogP contribution in [0, 0.1) is 11.3 Å². The zero-order valence-corrected chi connectivity index (χ0v) is 14.4. The van der Waals surface area contributed by atoms with Crippen LogP contribution in [0.2, 0.25) is 0 Å². The Morgan fingerprint density at radius 2 is 1.92 bits per heavy atom. The molecule has 0 unspecified atom stereocenters. The first-order valence-electron chi connectivity index (χ1n) is 8.85. The maximum atomic E-state index is 12.5. The fourth-order valence-corrected chi connectivity index (χ4v) is 3.50. The number of hydrogen-bond donors (Lipinski definition) is 0. The number of amides is 1. The van der Waals surface area contributed by atoms with Crippen LogP contribution < -0.4 is 0 Å². The van der Waals surface area contributed by atoms with Crippen LogP contribution in [-0.2, 0) is 4.79 Å². The van der Waals surface area contributed by atoms with E-state index in [0.29, 0.717) is 25.7 Å². The molecule has 1 saturated heterocycles. The van der Waals surface area contributed by atoms with Gasteiger partial charge in [0.2, 0.25) is 5.91 Å². The van der Waals surface area contributed by atoms with Crippen molar-refractivity contribution in [2.24, 2.45) is 0 Å². The minimum atomic E-state index is -0.221. The Morgan fingerprint density at radius 3 is 2.46 bits per heavy atom. The third kappa shape index (κ3) is 3.77. The molecule has 0 N–H and O–H groups in total. The van der Waals surface area contributed by atoms with Crippen molar-refractivity contribution in [3.05, 3.63) is 35.9 Å². The van der Waals surface area contributed by atoms with Gasteiger partial charge in [0.05, 0.1) is 12.6 Å². The van der Waals surface area contributed by atoms with Gasteiger partial charge in [-0.15, -0.1) is 0 Å². The molecule has 1 aromatic carbocycles. The molecule has 5 heteroatoms. The Labute approximate surface area is 144 Å². The van der Waals surface area contributed by atoms with Crippen molar-refractivity contribution in [1.82, 2.24) is 14.7 Å². The molecule has 0 bridgehead atoms. The average Bonchev–Trinajstić information content (AvgIpc) is 2.55. The van der Waals surface area contributed by atoms with E-state index in [1.165, 1.54) is 19.3 Å². The summed E-state index contributed by atoms with van der Waals surface area (Å²) in [5, 5.41) is 9.54. The van der Waals surface area contributed by atoms with Crippen molar-refractivity contribution >= 4 is 5.91 Å². The normalized spacial score (nSPS) is 20.5. The van der Waals surface area contributed by atoms with Crippen LogP contribution in [-0.4, -0.2) is 66.4 Å². The molecule has 0 radical (unpaired) electrons. The second kappa shape index (κ2) is 7.78. The number of piperazine rings is 1. The molecule has 0 aromatic heterocycles. The lowest BCUT2D eigenvalue weighted by Crippen LogP contribution is -2.52. The Bertz CT molecular complexity index is 585. The Hall–Kier alpha value is -1.90. The highest BCUT2D eigenvalue weighted by Crippen LogP contribution is 2.24. The number of benzene rings is 1. The predicted molar refractivity (Wildman–Crippen MR) is 93.2 cm³/mol. The molecule has 128 valence electrons. The van der Waals surface area contributed by atoms with Crippen molar-refractivity contribution in [2.45, 2.75) is 31.3 Å². The molecule has 1 saturated carbocycles. The largest absolute Gasteiger partial charge is 0.339 e. The maximum Gasteiger partial charge on any atom is 0.236 e. The quantitative estimate of drug-likeness (QED) is 0.829. The van der Waals surface area contributed by atoms with Crippen LogP contribution in [0.25, 0.3) is 0 Å². The van der Waals surface area contributed by atoms with Gasteiger partial charge in [-0.1, -0.05) is 36.8 Å². The number of likely N-dealkylation sites (N-methyl/N-ethyl adjacent to an activating group) is 1. The van der Waals surface area contributed by atoms with E-state index in [9.17, 15) is 10.1 Å². The molecule has 2 fully saturated rings. The molecule has 1 heterocycles. The summed E-state index contributed by atoms with van der Waals surface area (Å²) in [7, 11) is 2.05. The van der Waals surface area contributed by atoms with Crippen LogP contribution in [0.15, 0.2) is 30.3 Å². The molecule has 24 heavy (non-hydrogen) atoms. The second-order valence-electron chi connectivity index (χ2n) is 6.86. The van der Waals surface area contributed by atoms with Crippen LogP contribution in [0.4, 0.5) is 0 Å². The third-order valence-electron chi connectivity index (χ3n) is 5.35. The lowest BCUT2D eigenvalue weighted by atomic mass is 9.92. The number of carbonyl (C=O) groups excluding carboxylic acids is 1. The van der Waals surface area contributed by atoms with Crippen molar-refractivity contribution in [2.75, 3.05) is 39.8 Å². The average molecular weight is 326 g/mol. The molecule has 1 amide bonds. The van der Waals surface area contributed by atoms with Crippen molar-refractivity contribution in [3.8, 4) is 6.07 Å². The minimum absolute atomic E-state index is 0.220. The monoisotopic (exact) mass is 326 g/mol. The molecular weight excluding hydrogens is 300 g/mol. The number of nitrogens with zero attached hydrogens (tertiary/aromatic N) is 4. The highest BCUT2D eigenvalue weighted by molar-refractivity contribution is 5.78. The van der Waals surface area contributed by atoms with E-state index >= 15 is 0 Å². The predicted octanol–water partition coefficient (Wildman–Crippen LogP) is 1.88. The summed E-state index contributed by atoms with van der Waals surface area (Å²) in [4.78, 5) is 18.8. The highest BCUT2D eigenvalue weighted by atomic mass is 16.2. The van der Waals surface area contributed by atoms with E-state index in [0.717, 1.165) is 18.7 Å². The zero-order chi connectivity index (χ0) is 16.9.